The second-order valence-electron chi connectivity index (χ2n) is 5.90. The number of pyridine rings is 1. The lowest BCUT2D eigenvalue weighted by molar-refractivity contribution is 0.0993. The van der Waals surface area contributed by atoms with E-state index in [-0.39, 0.29) is 17.3 Å². The Kier molecular flexibility index (Phi) is 5.63. The zero-order chi connectivity index (χ0) is 19.3. The average molecular weight is 381 g/mol. The van der Waals surface area contributed by atoms with Gasteiger partial charge in [-0.15, -0.1) is 0 Å². The zero-order valence-electron chi connectivity index (χ0n) is 14.7. The van der Waals surface area contributed by atoms with E-state index < -0.39 is 10.0 Å². The molecule has 0 unspecified atom stereocenters. The molecule has 0 radical (unpaired) electrons. The molecule has 7 heteroatoms. The van der Waals surface area contributed by atoms with Gasteiger partial charge < -0.3 is 4.90 Å². The van der Waals surface area contributed by atoms with Crippen molar-refractivity contribution in [1.82, 2.24) is 9.71 Å². The Balaban J connectivity index is 1.71. The molecule has 1 heterocycles. The van der Waals surface area contributed by atoms with Crippen LogP contribution in [0.5, 0.6) is 0 Å². The van der Waals surface area contributed by atoms with Gasteiger partial charge in [-0.3, -0.25) is 9.78 Å². The Hall–Kier alpha value is -3.03. The van der Waals surface area contributed by atoms with E-state index in [1.165, 1.54) is 29.2 Å². The number of nitrogens with one attached hydrogen (secondary N) is 1. The second-order valence-corrected chi connectivity index (χ2v) is 7.67. The third-order valence-corrected chi connectivity index (χ3v) is 5.49. The van der Waals surface area contributed by atoms with Crippen molar-refractivity contribution in [3.63, 3.8) is 0 Å². The van der Waals surface area contributed by atoms with Crippen molar-refractivity contribution < 1.29 is 13.2 Å². The fourth-order valence-corrected chi connectivity index (χ4v) is 3.52. The van der Waals surface area contributed by atoms with Crippen LogP contribution < -0.4 is 9.62 Å². The molecule has 0 atom stereocenters. The minimum absolute atomic E-state index is 0.107. The van der Waals surface area contributed by atoms with Gasteiger partial charge in [-0.25, -0.2) is 13.1 Å². The summed E-state index contributed by atoms with van der Waals surface area (Å²) in [6.07, 6.45) is 3.21. The first-order chi connectivity index (χ1) is 13.0. The molecule has 1 amide bonds. The molecule has 0 aliphatic heterocycles. The number of anilines is 1. The monoisotopic (exact) mass is 381 g/mol. The number of para-hydroxylation sites is 1. The van der Waals surface area contributed by atoms with Crippen LogP contribution in [-0.2, 0) is 16.6 Å². The Morgan fingerprint density at radius 2 is 1.59 bits per heavy atom. The summed E-state index contributed by atoms with van der Waals surface area (Å²) in [5, 5.41) is 0. The molecule has 0 aliphatic carbocycles. The van der Waals surface area contributed by atoms with Gasteiger partial charge in [0.2, 0.25) is 10.0 Å². The molecule has 27 heavy (non-hydrogen) atoms. The molecule has 138 valence electrons. The molecule has 0 aliphatic rings. The number of hydrogen-bond acceptors (Lipinski definition) is 4. The number of hydrogen-bond donors (Lipinski definition) is 1. The van der Waals surface area contributed by atoms with E-state index in [0.29, 0.717) is 5.56 Å². The highest BCUT2D eigenvalue weighted by Crippen LogP contribution is 2.17. The smallest absolute Gasteiger partial charge is 0.258 e. The summed E-state index contributed by atoms with van der Waals surface area (Å²) in [7, 11) is -1.99. The van der Waals surface area contributed by atoms with Crippen LogP contribution >= 0.6 is 0 Å². The third kappa shape index (κ3) is 4.58. The number of carbonyl (C=O) groups excluding carboxylic acids is 1. The van der Waals surface area contributed by atoms with Crippen molar-refractivity contribution in [2.45, 2.75) is 11.4 Å². The number of aromatic nitrogens is 1. The first-order valence-electron chi connectivity index (χ1n) is 8.29. The predicted molar refractivity (Wildman–Crippen MR) is 104 cm³/mol. The summed E-state index contributed by atoms with van der Waals surface area (Å²) < 4.78 is 27.4. The molecular formula is C20H19N3O3S. The standard InChI is InChI=1S/C20H19N3O3S/c1-23(18-5-3-2-4-6-18)20(24)17-7-9-19(10-8-17)27(25,26)22-15-16-11-13-21-14-12-16/h2-14,22H,15H2,1H3. The lowest BCUT2D eigenvalue weighted by Gasteiger charge is -2.17. The molecule has 6 nitrogen and oxygen atoms in total. The number of rotatable bonds is 6. The lowest BCUT2D eigenvalue weighted by Crippen LogP contribution is -2.26. The largest absolute Gasteiger partial charge is 0.311 e. The summed E-state index contributed by atoms with van der Waals surface area (Å²) in [4.78, 5) is 18.1. The second kappa shape index (κ2) is 8.11. The van der Waals surface area contributed by atoms with Gasteiger partial charge in [-0.2, -0.15) is 0 Å². The molecule has 1 aromatic heterocycles. The number of nitrogens with zero attached hydrogens (tertiary/aromatic N) is 2. The van der Waals surface area contributed by atoms with Crippen LogP contribution in [0.4, 0.5) is 5.69 Å². The zero-order valence-corrected chi connectivity index (χ0v) is 15.6. The lowest BCUT2D eigenvalue weighted by atomic mass is 10.2. The van der Waals surface area contributed by atoms with Gasteiger partial charge in [-0.05, 0) is 54.1 Å². The predicted octanol–water partition coefficient (Wildman–Crippen LogP) is 2.84. The molecule has 1 N–H and O–H groups in total. The molecule has 0 bridgehead atoms. The molecule has 0 fully saturated rings. The molecular weight excluding hydrogens is 362 g/mol. The van der Waals surface area contributed by atoms with Crippen molar-refractivity contribution >= 4 is 21.6 Å². The number of carbonyl (C=O) groups is 1. The highest BCUT2D eigenvalue weighted by atomic mass is 32.2. The topological polar surface area (TPSA) is 79.4 Å². The summed E-state index contributed by atoms with van der Waals surface area (Å²) >= 11 is 0. The van der Waals surface area contributed by atoms with Crippen molar-refractivity contribution in [2.75, 3.05) is 11.9 Å². The third-order valence-electron chi connectivity index (χ3n) is 4.08. The fraction of sp³-hybridized carbons (Fsp3) is 0.100. The first kappa shape index (κ1) is 18.8. The SMILES string of the molecule is CN(C(=O)c1ccc(S(=O)(=O)NCc2ccncc2)cc1)c1ccccc1. The van der Waals surface area contributed by atoms with E-state index in [9.17, 15) is 13.2 Å². The Labute approximate surface area is 158 Å². The van der Waals surface area contributed by atoms with E-state index in [1.54, 1.807) is 31.6 Å². The summed E-state index contributed by atoms with van der Waals surface area (Å²) in [5.74, 6) is -0.213. The van der Waals surface area contributed by atoms with Gasteiger partial charge in [0.25, 0.3) is 5.91 Å². The highest BCUT2D eigenvalue weighted by Gasteiger charge is 2.17. The minimum atomic E-state index is -3.67. The van der Waals surface area contributed by atoms with Gasteiger partial charge in [0.15, 0.2) is 0 Å². The normalized spacial score (nSPS) is 11.1. The summed E-state index contributed by atoms with van der Waals surface area (Å²) in [6.45, 7) is 0.169. The van der Waals surface area contributed by atoms with Crippen molar-refractivity contribution in [2.24, 2.45) is 0 Å². The van der Waals surface area contributed by atoms with E-state index in [0.717, 1.165) is 11.3 Å². The van der Waals surface area contributed by atoms with E-state index in [2.05, 4.69) is 9.71 Å². The van der Waals surface area contributed by atoms with Gasteiger partial charge in [0, 0.05) is 37.2 Å². The maximum Gasteiger partial charge on any atom is 0.258 e. The van der Waals surface area contributed by atoms with Gasteiger partial charge in [-0.1, -0.05) is 18.2 Å². The minimum Gasteiger partial charge on any atom is -0.311 e. The van der Waals surface area contributed by atoms with Crippen LogP contribution in [-0.4, -0.2) is 26.4 Å². The molecule has 0 spiro atoms. The van der Waals surface area contributed by atoms with Crippen LogP contribution in [0.3, 0.4) is 0 Å². The Morgan fingerprint density at radius 1 is 0.963 bits per heavy atom. The first-order valence-corrected chi connectivity index (χ1v) is 9.77. The van der Waals surface area contributed by atoms with Crippen molar-refractivity contribution in [1.29, 1.82) is 0 Å². The summed E-state index contributed by atoms with van der Waals surface area (Å²) in [6, 6.07) is 18.6. The summed E-state index contributed by atoms with van der Waals surface area (Å²) in [5.41, 5.74) is 1.98. The van der Waals surface area contributed by atoms with Gasteiger partial charge in [0.05, 0.1) is 4.90 Å². The molecule has 0 saturated carbocycles. The Bertz CT molecular complexity index is 1010. The molecule has 2 aromatic carbocycles. The molecule has 3 aromatic rings. The van der Waals surface area contributed by atoms with Crippen LogP contribution in [0.2, 0.25) is 0 Å². The molecule has 3 rings (SSSR count). The van der Waals surface area contributed by atoms with Gasteiger partial charge >= 0.3 is 0 Å². The van der Waals surface area contributed by atoms with Crippen molar-refractivity contribution in [3.05, 3.63) is 90.3 Å². The van der Waals surface area contributed by atoms with Crippen LogP contribution in [0, 0.1) is 0 Å². The highest BCUT2D eigenvalue weighted by molar-refractivity contribution is 7.89. The van der Waals surface area contributed by atoms with Crippen molar-refractivity contribution in [3.8, 4) is 0 Å². The van der Waals surface area contributed by atoms with Crippen LogP contribution in [0.15, 0.2) is 84.0 Å². The number of sulfonamides is 1. The Morgan fingerprint density at radius 3 is 2.22 bits per heavy atom. The number of amides is 1. The molecule has 0 saturated heterocycles. The number of benzene rings is 2. The fourth-order valence-electron chi connectivity index (χ4n) is 2.50. The average Bonchev–Trinajstić information content (AvgIpc) is 2.73. The van der Waals surface area contributed by atoms with E-state index >= 15 is 0 Å². The van der Waals surface area contributed by atoms with Crippen LogP contribution in [0.1, 0.15) is 15.9 Å². The van der Waals surface area contributed by atoms with Crippen LogP contribution in [0.25, 0.3) is 0 Å². The van der Waals surface area contributed by atoms with E-state index in [4.69, 9.17) is 0 Å². The van der Waals surface area contributed by atoms with Gasteiger partial charge in [0.1, 0.15) is 0 Å². The maximum atomic E-state index is 12.6. The van der Waals surface area contributed by atoms with E-state index in [1.807, 2.05) is 30.3 Å². The quantitative estimate of drug-likeness (QED) is 0.712. The maximum absolute atomic E-state index is 12.6.